The summed E-state index contributed by atoms with van der Waals surface area (Å²) < 4.78 is 3.05. The minimum absolute atomic E-state index is 0.0535. The Balaban J connectivity index is 2.42. The van der Waals surface area contributed by atoms with Gasteiger partial charge < -0.3 is 10.3 Å². The molecule has 0 unspecified atom stereocenters. The molecule has 0 saturated carbocycles. The van der Waals surface area contributed by atoms with Crippen LogP contribution in [-0.2, 0) is 18.4 Å². The van der Waals surface area contributed by atoms with Crippen molar-refractivity contribution in [3.63, 3.8) is 0 Å². The molecule has 0 radical (unpaired) electrons. The average molecular weight is 338 g/mol. The highest BCUT2D eigenvalue weighted by Gasteiger charge is 2.20. The van der Waals surface area contributed by atoms with E-state index in [1.54, 1.807) is 4.57 Å². The highest BCUT2D eigenvalue weighted by atomic mass is 16.1. The van der Waals surface area contributed by atoms with E-state index in [1.165, 1.54) is 17.1 Å². The molecule has 0 spiro atoms. The van der Waals surface area contributed by atoms with Gasteiger partial charge >= 0.3 is 0 Å². The molecule has 0 atom stereocenters. The number of nitrogens with two attached hydrogens (primary N) is 1. The van der Waals surface area contributed by atoms with Crippen LogP contribution in [0.3, 0.4) is 0 Å². The molecule has 2 aromatic heterocycles. The topological polar surface area (TPSA) is 82.9 Å². The van der Waals surface area contributed by atoms with E-state index in [2.05, 4.69) is 24.0 Å². The Morgan fingerprint density at radius 1 is 1.20 bits per heavy atom. The molecule has 130 valence electrons. The third-order valence-corrected chi connectivity index (χ3v) is 4.43. The smallest absolute Gasteiger partial charge is 0.265 e. The van der Waals surface area contributed by atoms with Crippen LogP contribution < -0.4 is 11.3 Å². The number of fused-ring (bicyclic) bond motifs is 1. The number of nitrogens with zero attached hydrogens (tertiary/aromatic N) is 3. The summed E-state index contributed by atoms with van der Waals surface area (Å²) in [5, 5.41) is 0.494. The lowest BCUT2D eigenvalue weighted by Crippen LogP contribution is -2.27. The van der Waals surface area contributed by atoms with Gasteiger partial charge in [-0.1, -0.05) is 17.7 Å². The van der Waals surface area contributed by atoms with Gasteiger partial charge in [0.25, 0.3) is 5.56 Å². The summed E-state index contributed by atoms with van der Waals surface area (Å²) in [4.78, 5) is 28.9. The second kappa shape index (κ2) is 5.88. The molecule has 0 fully saturated rings. The maximum atomic E-state index is 13.1. The van der Waals surface area contributed by atoms with Gasteiger partial charge in [0.05, 0.1) is 11.9 Å². The minimum Gasteiger partial charge on any atom is -0.369 e. The monoisotopic (exact) mass is 338 g/mol. The quantitative estimate of drug-likeness (QED) is 0.795. The molecule has 6 heteroatoms. The molecule has 3 rings (SSSR count). The molecule has 3 aromatic rings. The number of aromatic nitrogens is 3. The van der Waals surface area contributed by atoms with Crippen LogP contribution >= 0.6 is 0 Å². The second-order valence-electron chi connectivity index (χ2n) is 6.69. The van der Waals surface area contributed by atoms with Crippen LogP contribution in [0, 0.1) is 20.8 Å². The molecule has 2 N–H and O–H groups in total. The number of carbonyl (C=O) groups excluding carboxylic acids is 1. The molecule has 0 amide bonds. The van der Waals surface area contributed by atoms with E-state index in [4.69, 9.17) is 5.73 Å². The maximum Gasteiger partial charge on any atom is 0.265 e. The van der Waals surface area contributed by atoms with Crippen molar-refractivity contribution in [2.45, 2.75) is 34.2 Å². The van der Waals surface area contributed by atoms with Crippen molar-refractivity contribution in [2.75, 3.05) is 5.73 Å². The molecule has 0 saturated heterocycles. The van der Waals surface area contributed by atoms with Crippen LogP contribution in [0.4, 0.5) is 5.95 Å². The molecule has 0 aliphatic heterocycles. The zero-order valence-corrected chi connectivity index (χ0v) is 15.2. The normalized spacial score (nSPS) is 11.2. The van der Waals surface area contributed by atoms with Crippen molar-refractivity contribution < 1.29 is 4.79 Å². The van der Waals surface area contributed by atoms with E-state index in [0.29, 0.717) is 11.0 Å². The van der Waals surface area contributed by atoms with Gasteiger partial charge in [0.1, 0.15) is 11.4 Å². The number of aryl methyl sites for hydroxylation is 4. The Bertz CT molecular complexity index is 1050. The van der Waals surface area contributed by atoms with Gasteiger partial charge in [-0.15, -0.1) is 0 Å². The van der Waals surface area contributed by atoms with Gasteiger partial charge in [-0.05, 0) is 44.4 Å². The Morgan fingerprint density at radius 2 is 1.80 bits per heavy atom. The SMILES string of the molecule is CC(=O)Cn1c(N)nc2c(c(-c3c(C)cc(C)cc3C)cn2C)c1=O. The summed E-state index contributed by atoms with van der Waals surface area (Å²) in [6.07, 6.45) is 1.90. The van der Waals surface area contributed by atoms with Crippen LogP contribution in [-0.4, -0.2) is 19.9 Å². The van der Waals surface area contributed by atoms with Crippen LogP contribution in [0.2, 0.25) is 0 Å². The van der Waals surface area contributed by atoms with Gasteiger partial charge in [-0.3, -0.25) is 14.2 Å². The first-order chi connectivity index (χ1) is 11.7. The lowest BCUT2D eigenvalue weighted by Gasteiger charge is -2.11. The first-order valence-electron chi connectivity index (χ1n) is 8.13. The Labute approximate surface area is 145 Å². The highest BCUT2D eigenvalue weighted by molar-refractivity contribution is 5.96. The minimum atomic E-state index is -0.285. The zero-order valence-electron chi connectivity index (χ0n) is 15.2. The van der Waals surface area contributed by atoms with Crippen molar-refractivity contribution in [2.24, 2.45) is 7.05 Å². The fourth-order valence-electron chi connectivity index (χ4n) is 3.54. The summed E-state index contributed by atoms with van der Waals surface area (Å²) in [5.74, 6) is -0.0899. The van der Waals surface area contributed by atoms with Gasteiger partial charge in [-0.25, -0.2) is 0 Å². The van der Waals surface area contributed by atoms with E-state index in [0.717, 1.165) is 22.3 Å². The van der Waals surface area contributed by atoms with Crippen LogP contribution in [0.1, 0.15) is 23.6 Å². The van der Waals surface area contributed by atoms with Gasteiger partial charge in [0, 0.05) is 18.8 Å². The van der Waals surface area contributed by atoms with E-state index >= 15 is 0 Å². The third kappa shape index (κ3) is 2.73. The number of benzene rings is 1. The number of anilines is 1. The standard InChI is InChI=1S/C19H22N4O2/c1-10-6-11(2)15(12(3)7-10)14-9-22(5)17-16(14)18(25)23(8-13(4)24)19(20)21-17/h6-7,9H,8H2,1-5H3,(H2,20,21). The van der Waals surface area contributed by atoms with Crippen molar-refractivity contribution >= 4 is 22.8 Å². The lowest BCUT2D eigenvalue weighted by atomic mass is 9.94. The summed E-state index contributed by atoms with van der Waals surface area (Å²) in [6, 6.07) is 4.19. The number of rotatable bonds is 3. The van der Waals surface area contributed by atoms with Crippen LogP contribution in [0.15, 0.2) is 23.1 Å². The summed E-state index contributed by atoms with van der Waals surface area (Å²) >= 11 is 0. The van der Waals surface area contributed by atoms with Crippen molar-refractivity contribution in [1.82, 2.24) is 14.1 Å². The largest absolute Gasteiger partial charge is 0.369 e. The van der Waals surface area contributed by atoms with E-state index in [-0.39, 0.29) is 23.8 Å². The second-order valence-corrected chi connectivity index (χ2v) is 6.69. The number of nitrogen functional groups attached to an aromatic ring is 1. The molecular formula is C19H22N4O2. The third-order valence-electron chi connectivity index (χ3n) is 4.43. The molecule has 0 aliphatic carbocycles. The van der Waals surface area contributed by atoms with E-state index < -0.39 is 0 Å². The van der Waals surface area contributed by atoms with Gasteiger partial charge in [0.15, 0.2) is 0 Å². The molecule has 1 aromatic carbocycles. The fourth-order valence-corrected chi connectivity index (χ4v) is 3.54. The number of hydrogen-bond acceptors (Lipinski definition) is 4. The molecule has 2 heterocycles. The van der Waals surface area contributed by atoms with Crippen molar-refractivity contribution in [3.8, 4) is 11.1 Å². The van der Waals surface area contributed by atoms with Crippen molar-refractivity contribution in [3.05, 3.63) is 45.4 Å². The summed E-state index contributed by atoms with van der Waals surface area (Å²) in [5.41, 5.74) is 11.4. The molecule has 25 heavy (non-hydrogen) atoms. The molecule has 0 bridgehead atoms. The number of ketones is 1. The zero-order chi connectivity index (χ0) is 18.5. The molecule has 6 nitrogen and oxygen atoms in total. The predicted octanol–water partition coefficient (Wildman–Crippen LogP) is 2.50. The predicted molar refractivity (Wildman–Crippen MR) is 99.7 cm³/mol. The number of hydrogen-bond donors (Lipinski definition) is 1. The van der Waals surface area contributed by atoms with Crippen LogP contribution in [0.25, 0.3) is 22.2 Å². The van der Waals surface area contributed by atoms with E-state index in [1.807, 2.05) is 27.1 Å². The number of carbonyl (C=O) groups is 1. The van der Waals surface area contributed by atoms with Gasteiger partial charge in [-0.2, -0.15) is 4.98 Å². The first-order valence-corrected chi connectivity index (χ1v) is 8.13. The fraction of sp³-hybridized carbons (Fsp3) is 0.316. The Kier molecular flexibility index (Phi) is 3.99. The molecule has 0 aliphatic rings. The van der Waals surface area contributed by atoms with Crippen molar-refractivity contribution in [1.29, 1.82) is 0 Å². The summed E-state index contributed by atoms with van der Waals surface area (Å²) in [6.45, 7) is 7.47. The Morgan fingerprint density at radius 3 is 2.36 bits per heavy atom. The number of Topliss-reactive ketones (excluding diaryl/α,β-unsaturated/α-hetero) is 1. The average Bonchev–Trinajstić information content (AvgIpc) is 2.79. The first kappa shape index (κ1) is 17.0. The van der Waals surface area contributed by atoms with Gasteiger partial charge in [0.2, 0.25) is 5.95 Å². The maximum absolute atomic E-state index is 13.1. The lowest BCUT2D eigenvalue weighted by molar-refractivity contribution is -0.117. The molecular weight excluding hydrogens is 316 g/mol. The van der Waals surface area contributed by atoms with Crippen LogP contribution in [0.5, 0.6) is 0 Å². The summed E-state index contributed by atoms with van der Waals surface area (Å²) in [7, 11) is 1.84. The van der Waals surface area contributed by atoms with E-state index in [9.17, 15) is 9.59 Å². The Hall–Kier alpha value is -2.89. The highest BCUT2D eigenvalue weighted by Crippen LogP contribution is 2.33.